The van der Waals surface area contributed by atoms with Crippen LogP contribution >= 0.6 is 15.9 Å². The molecule has 2 rings (SSSR count). The first-order valence-electron chi connectivity index (χ1n) is 6.03. The molecule has 1 saturated heterocycles. The number of rotatable bonds is 3. The molecule has 1 aromatic heterocycles. The molecule has 17 heavy (non-hydrogen) atoms. The van der Waals surface area contributed by atoms with Crippen molar-refractivity contribution in [3.05, 3.63) is 15.9 Å². The molecule has 1 aliphatic heterocycles. The van der Waals surface area contributed by atoms with Crippen molar-refractivity contribution in [1.82, 2.24) is 9.78 Å². The van der Waals surface area contributed by atoms with Crippen molar-refractivity contribution in [3.8, 4) is 0 Å². The number of aliphatic hydroxyl groups is 1. The van der Waals surface area contributed by atoms with Gasteiger partial charge in [0, 0.05) is 26.0 Å². The quantitative estimate of drug-likeness (QED) is 0.926. The van der Waals surface area contributed by atoms with Crippen LogP contribution in [0.2, 0.25) is 0 Å². The summed E-state index contributed by atoms with van der Waals surface area (Å²) in [5.41, 5.74) is 2.02. The van der Waals surface area contributed by atoms with Crippen molar-refractivity contribution in [2.45, 2.75) is 32.3 Å². The predicted octanol–water partition coefficient (Wildman–Crippen LogP) is 1.82. The highest BCUT2D eigenvalue weighted by Crippen LogP contribution is 2.25. The molecular formula is C12H19BrN2O2. The van der Waals surface area contributed by atoms with Gasteiger partial charge in [-0.3, -0.25) is 4.68 Å². The summed E-state index contributed by atoms with van der Waals surface area (Å²) in [6, 6.07) is 0. The number of aromatic nitrogens is 2. The molecule has 2 heterocycles. The zero-order valence-corrected chi connectivity index (χ0v) is 11.9. The highest BCUT2D eigenvalue weighted by Gasteiger charge is 2.24. The molecule has 5 heteroatoms. The number of hydrogen-bond acceptors (Lipinski definition) is 3. The minimum absolute atomic E-state index is 0.255. The zero-order valence-electron chi connectivity index (χ0n) is 10.3. The number of hydrogen-bond donors (Lipinski definition) is 1. The summed E-state index contributed by atoms with van der Waals surface area (Å²) in [6.45, 7) is 3.47. The first-order valence-corrected chi connectivity index (χ1v) is 6.82. The molecule has 0 spiro atoms. The second kappa shape index (κ2) is 5.50. The van der Waals surface area contributed by atoms with E-state index < -0.39 is 0 Å². The van der Waals surface area contributed by atoms with Crippen LogP contribution in [0.15, 0.2) is 4.47 Å². The van der Waals surface area contributed by atoms with Gasteiger partial charge in [0.2, 0.25) is 0 Å². The lowest BCUT2D eigenvalue weighted by molar-refractivity contribution is -0.00912. The van der Waals surface area contributed by atoms with Gasteiger partial charge in [-0.15, -0.1) is 0 Å². The Hall–Kier alpha value is -0.390. The van der Waals surface area contributed by atoms with E-state index in [2.05, 4.69) is 21.0 Å². The molecule has 0 radical (unpaired) electrons. The van der Waals surface area contributed by atoms with Crippen LogP contribution in [0.5, 0.6) is 0 Å². The smallest absolute Gasteiger partial charge is 0.0738 e. The normalized spacial score (nSPS) is 22.7. The summed E-state index contributed by atoms with van der Waals surface area (Å²) < 4.78 is 8.26. The Balaban J connectivity index is 2.04. The Morgan fingerprint density at radius 2 is 2.41 bits per heavy atom. The monoisotopic (exact) mass is 302 g/mol. The van der Waals surface area contributed by atoms with Crippen molar-refractivity contribution < 1.29 is 9.84 Å². The van der Waals surface area contributed by atoms with E-state index in [-0.39, 0.29) is 12.0 Å². The Kier molecular flexibility index (Phi) is 4.22. The molecule has 2 unspecified atom stereocenters. The molecule has 1 N–H and O–H groups in total. The SMILES string of the molecule is Cc1nn(C)c(CC(O)C2CCCOC2)c1Br. The molecule has 0 aromatic carbocycles. The molecule has 2 atom stereocenters. The second-order valence-electron chi connectivity index (χ2n) is 4.72. The Labute approximate surface area is 110 Å². The van der Waals surface area contributed by atoms with Crippen molar-refractivity contribution in [2.24, 2.45) is 13.0 Å². The van der Waals surface area contributed by atoms with Gasteiger partial charge >= 0.3 is 0 Å². The first-order chi connectivity index (χ1) is 8.09. The van der Waals surface area contributed by atoms with E-state index in [1.807, 2.05) is 18.7 Å². The number of halogens is 1. The molecule has 1 aliphatic rings. The Bertz CT molecular complexity index is 386. The van der Waals surface area contributed by atoms with Gasteiger partial charge < -0.3 is 9.84 Å². The molecule has 1 aromatic rings. The third-order valence-electron chi connectivity index (χ3n) is 3.40. The van der Waals surface area contributed by atoms with Gasteiger partial charge in [0.05, 0.1) is 28.6 Å². The van der Waals surface area contributed by atoms with Crippen LogP contribution in [-0.2, 0) is 18.2 Å². The van der Waals surface area contributed by atoms with E-state index >= 15 is 0 Å². The maximum Gasteiger partial charge on any atom is 0.0738 e. The molecule has 1 fully saturated rings. The highest BCUT2D eigenvalue weighted by atomic mass is 79.9. The van der Waals surface area contributed by atoms with E-state index in [1.54, 1.807) is 0 Å². The van der Waals surface area contributed by atoms with Crippen LogP contribution in [0.25, 0.3) is 0 Å². The fourth-order valence-electron chi connectivity index (χ4n) is 2.34. The van der Waals surface area contributed by atoms with Crippen LogP contribution in [0.4, 0.5) is 0 Å². The number of aliphatic hydroxyl groups excluding tert-OH is 1. The van der Waals surface area contributed by atoms with Crippen molar-refractivity contribution in [1.29, 1.82) is 0 Å². The largest absolute Gasteiger partial charge is 0.392 e. The number of aryl methyl sites for hydroxylation is 2. The van der Waals surface area contributed by atoms with Crippen molar-refractivity contribution in [3.63, 3.8) is 0 Å². The molecule has 0 amide bonds. The van der Waals surface area contributed by atoms with E-state index in [4.69, 9.17) is 4.74 Å². The summed E-state index contributed by atoms with van der Waals surface area (Å²) in [5, 5.41) is 14.6. The van der Waals surface area contributed by atoms with Gasteiger partial charge in [0.15, 0.2) is 0 Å². The van der Waals surface area contributed by atoms with Gasteiger partial charge in [-0.05, 0) is 35.7 Å². The molecule has 0 aliphatic carbocycles. The molecule has 4 nitrogen and oxygen atoms in total. The zero-order chi connectivity index (χ0) is 12.4. The van der Waals surface area contributed by atoms with Crippen molar-refractivity contribution in [2.75, 3.05) is 13.2 Å². The van der Waals surface area contributed by atoms with Gasteiger partial charge in [0.1, 0.15) is 0 Å². The first kappa shape index (κ1) is 13.1. The Morgan fingerprint density at radius 1 is 1.65 bits per heavy atom. The van der Waals surface area contributed by atoms with E-state index in [1.165, 1.54) is 0 Å². The minimum Gasteiger partial charge on any atom is -0.392 e. The standard InChI is InChI=1S/C12H19BrN2O2/c1-8-12(13)10(15(2)14-8)6-11(16)9-4-3-5-17-7-9/h9,11,16H,3-7H2,1-2H3. The lowest BCUT2D eigenvalue weighted by atomic mass is 9.93. The van der Waals surface area contributed by atoms with Crippen LogP contribution in [0.3, 0.4) is 0 Å². The third-order valence-corrected chi connectivity index (χ3v) is 4.44. The maximum atomic E-state index is 10.2. The van der Waals surface area contributed by atoms with Gasteiger partial charge in [-0.1, -0.05) is 0 Å². The van der Waals surface area contributed by atoms with Crippen LogP contribution in [0, 0.1) is 12.8 Å². The summed E-state index contributed by atoms with van der Waals surface area (Å²) in [6.07, 6.45) is 2.39. The van der Waals surface area contributed by atoms with Crippen molar-refractivity contribution >= 4 is 15.9 Å². The van der Waals surface area contributed by atoms with Gasteiger partial charge in [-0.25, -0.2) is 0 Å². The predicted molar refractivity (Wildman–Crippen MR) is 68.9 cm³/mol. The number of nitrogens with zero attached hydrogens (tertiary/aromatic N) is 2. The minimum atomic E-state index is -0.346. The maximum absolute atomic E-state index is 10.2. The second-order valence-corrected chi connectivity index (χ2v) is 5.51. The van der Waals surface area contributed by atoms with Crippen LogP contribution in [0.1, 0.15) is 24.2 Å². The summed E-state index contributed by atoms with van der Waals surface area (Å²) >= 11 is 3.53. The average molecular weight is 303 g/mol. The summed E-state index contributed by atoms with van der Waals surface area (Å²) in [5.74, 6) is 0.255. The van der Waals surface area contributed by atoms with Crippen LogP contribution < -0.4 is 0 Å². The van der Waals surface area contributed by atoms with E-state index in [0.717, 1.165) is 35.3 Å². The Morgan fingerprint density at radius 3 is 2.94 bits per heavy atom. The summed E-state index contributed by atoms with van der Waals surface area (Å²) in [7, 11) is 1.91. The molecule has 0 saturated carbocycles. The average Bonchev–Trinajstić information content (AvgIpc) is 2.57. The fourth-order valence-corrected chi connectivity index (χ4v) is 2.83. The van der Waals surface area contributed by atoms with E-state index in [9.17, 15) is 5.11 Å². The van der Waals surface area contributed by atoms with Crippen LogP contribution in [-0.4, -0.2) is 34.2 Å². The fraction of sp³-hybridized carbons (Fsp3) is 0.750. The van der Waals surface area contributed by atoms with Gasteiger partial charge in [-0.2, -0.15) is 5.10 Å². The topological polar surface area (TPSA) is 47.3 Å². The highest BCUT2D eigenvalue weighted by molar-refractivity contribution is 9.10. The molecule has 96 valence electrons. The molecular weight excluding hydrogens is 284 g/mol. The number of ether oxygens (including phenoxy) is 1. The summed E-state index contributed by atoms with van der Waals surface area (Å²) in [4.78, 5) is 0. The lowest BCUT2D eigenvalue weighted by Gasteiger charge is -2.26. The lowest BCUT2D eigenvalue weighted by Crippen LogP contribution is -2.31. The van der Waals surface area contributed by atoms with Gasteiger partial charge in [0.25, 0.3) is 0 Å². The van der Waals surface area contributed by atoms with E-state index in [0.29, 0.717) is 13.0 Å². The molecule has 0 bridgehead atoms. The third kappa shape index (κ3) is 2.89.